The third-order valence-electron chi connectivity index (χ3n) is 3.34. The van der Waals surface area contributed by atoms with Gasteiger partial charge in [0.05, 0.1) is 26.1 Å². The molecule has 0 fully saturated rings. The zero-order chi connectivity index (χ0) is 15.0. The van der Waals surface area contributed by atoms with E-state index in [0.717, 1.165) is 5.56 Å². The van der Waals surface area contributed by atoms with Crippen molar-refractivity contribution in [3.05, 3.63) is 36.3 Å². The first-order valence-corrected chi connectivity index (χ1v) is 6.40. The van der Waals surface area contributed by atoms with Crippen molar-refractivity contribution in [3.8, 4) is 28.6 Å². The Kier molecular flexibility index (Phi) is 3.13. The number of methoxy groups -OCH3 is 2. The Balaban J connectivity index is 2.18. The van der Waals surface area contributed by atoms with Crippen LogP contribution in [0.15, 0.2) is 30.6 Å². The Morgan fingerprint density at radius 2 is 2.00 bits per heavy atom. The van der Waals surface area contributed by atoms with E-state index >= 15 is 0 Å². The number of aromatic nitrogens is 3. The minimum atomic E-state index is 0.112. The van der Waals surface area contributed by atoms with Crippen LogP contribution in [0.2, 0.25) is 0 Å². The summed E-state index contributed by atoms with van der Waals surface area (Å²) >= 11 is 0. The molecule has 21 heavy (non-hydrogen) atoms. The van der Waals surface area contributed by atoms with Gasteiger partial charge in [-0.15, -0.1) is 0 Å². The number of benzene rings is 1. The average Bonchev–Trinajstić information content (AvgIpc) is 2.81. The van der Waals surface area contributed by atoms with E-state index in [4.69, 9.17) is 9.47 Å². The maximum absolute atomic E-state index is 10.00. The molecule has 1 N–H and O–H groups in total. The second-order valence-corrected chi connectivity index (χ2v) is 4.59. The van der Waals surface area contributed by atoms with Crippen LogP contribution >= 0.6 is 0 Å². The third kappa shape index (κ3) is 2.14. The predicted octanol–water partition coefficient (Wildman–Crippen LogP) is 2.43. The van der Waals surface area contributed by atoms with E-state index < -0.39 is 0 Å². The van der Waals surface area contributed by atoms with Crippen molar-refractivity contribution in [3.63, 3.8) is 0 Å². The van der Waals surface area contributed by atoms with Crippen molar-refractivity contribution in [2.75, 3.05) is 14.2 Å². The molecule has 0 amide bonds. The summed E-state index contributed by atoms with van der Waals surface area (Å²) in [5.41, 5.74) is 2.65. The summed E-state index contributed by atoms with van der Waals surface area (Å²) in [4.78, 5) is 8.60. The Bertz CT molecular complexity index is 811. The van der Waals surface area contributed by atoms with Crippen molar-refractivity contribution in [2.45, 2.75) is 6.92 Å². The highest BCUT2D eigenvalue weighted by Gasteiger charge is 2.12. The van der Waals surface area contributed by atoms with Gasteiger partial charge < -0.3 is 14.6 Å². The number of fused-ring (bicyclic) bond motifs is 1. The second kappa shape index (κ2) is 4.97. The number of hydrogen-bond donors (Lipinski definition) is 1. The van der Waals surface area contributed by atoms with Crippen molar-refractivity contribution in [2.24, 2.45) is 0 Å². The van der Waals surface area contributed by atoms with Crippen LogP contribution in [-0.2, 0) is 0 Å². The molecule has 0 aliphatic heterocycles. The number of hydrogen-bond acceptors (Lipinski definition) is 5. The highest BCUT2D eigenvalue weighted by atomic mass is 16.5. The summed E-state index contributed by atoms with van der Waals surface area (Å²) in [5, 5.41) is 10.00. The minimum Gasteiger partial charge on any atom is -0.497 e. The summed E-state index contributed by atoms with van der Waals surface area (Å²) in [6.45, 7) is 1.75. The zero-order valence-corrected chi connectivity index (χ0v) is 12.0. The first-order chi connectivity index (χ1) is 10.1. The van der Waals surface area contributed by atoms with Crippen molar-refractivity contribution >= 4 is 5.65 Å². The molecular weight excluding hydrogens is 270 g/mol. The van der Waals surface area contributed by atoms with E-state index in [9.17, 15) is 5.11 Å². The molecular formula is C15H15N3O3. The number of rotatable bonds is 3. The van der Waals surface area contributed by atoms with Crippen LogP contribution in [0, 0.1) is 6.92 Å². The number of aromatic hydroxyl groups is 1. The molecule has 2 aromatic heterocycles. The van der Waals surface area contributed by atoms with E-state index in [-0.39, 0.29) is 5.88 Å². The number of aryl methyl sites for hydroxylation is 1. The SMILES string of the molecule is COc1ccc(-c2cn3c(O)c(C)nc3cn2)c(OC)c1. The molecule has 0 bridgehead atoms. The van der Waals surface area contributed by atoms with E-state index in [0.29, 0.717) is 28.5 Å². The molecule has 0 unspecified atom stereocenters. The molecule has 3 aromatic rings. The van der Waals surface area contributed by atoms with Gasteiger partial charge >= 0.3 is 0 Å². The Morgan fingerprint density at radius 3 is 2.71 bits per heavy atom. The van der Waals surface area contributed by atoms with Gasteiger partial charge in [0.25, 0.3) is 0 Å². The Labute approximate surface area is 121 Å². The average molecular weight is 285 g/mol. The highest BCUT2D eigenvalue weighted by Crippen LogP contribution is 2.32. The fourth-order valence-corrected chi connectivity index (χ4v) is 2.21. The van der Waals surface area contributed by atoms with Crippen molar-refractivity contribution < 1.29 is 14.6 Å². The van der Waals surface area contributed by atoms with Crippen molar-refractivity contribution in [1.82, 2.24) is 14.4 Å². The van der Waals surface area contributed by atoms with Gasteiger partial charge in [-0.3, -0.25) is 9.38 Å². The number of nitrogens with zero attached hydrogens (tertiary/aromatic N) is 3. The fourth-order valence-electron chi connectivity index (χ4n) is 2.21. The van der Waals surface area contributed by atoms with Gasteiger partial charge in [-0.1, -0.05) is 0 Å². The van der Waals surface area contributed by atoms with Crippen LogP contribution in [0.5, 0.6) is 17.4 Å². The number of ether oxygens (including phenoxy) is 2. The van der Waals surface area contributed by atoms with E-state index in [2.05, 4.69) is 9.97 Å². The molecule has 108 valence electrons. The van der Waals surface area contributed by atoms with E-state index in [1.165, 1.54) is 0 Å². The zero-order valence-electron chi connectivity index (χ0n) is 12.0. The lowest BCUT2D eigenvalue weighted by molar-refractivity contribution is 0.395. The summed E-state index contributed by atoms with van der Waals surface area (Å²) in [6, 6.07) is 5.50. The second-order valence-electron chi connectivity index (χ2n) is 4.59. The maximum Gasteiger partial charge on any atom is 0.219 e. The smallest absolute Gasteiger partial charge is 0.219 e. The molecule has 6 heteroatoms. The normalized spacial score (nSPS) is 10.8. The van der Waals surface area contributed by atoms with Gasteiger partial charge in [-0.2, -0.15) is 0 Å². The first-order valence-electron chi connectivity index (χ1n) is 6.40. The Hall–Kier alpha value is -2.76. The Morgan fingerprint density at radius 1 is 1.19 bits per heavy atom. The molecule has 6 nitrogen and oxygen atoms in total. The minimum absolute atomic E-state index is 0.112. The topological polar surface area (TPSA) is 68.9 Å². The highest BCUT2D eigenvalue weighted by molar-refractivity contribution is 5.69. The summed E-state index contributed by atoms with van der Waals surface area (Å²) in [6.07, 6.45) is 3.35. The summed E-state index contributed by atoms with van der Waals surface area (Å²) in [5.74, 6) is 1.47. The molecule has 0 saturated carbocycles. The lowest BCUT2D eigenvalue weighted by Gasteiger charge is -2.10. The molecule has 0 atom stereocenters. The largest absolute Gasteiger partial charge is 0.497 e. The van der Waals surface area contributed by atoms with Crippen LogP contribution in [0.1, 0.15) is 5.69 Å². The molecule has 0 aliphatic carbocycles. The summed E-state index contributed by atoms with van der Waals surface area (Å²) < 4.78 is 12.2. The standard InChI is InChI=1S/C15H15N3O3/c1-9-15(19)18-8-12(16-7-14(18)17-9)11-5-4-10(20-2)6-13(11)21-3/h4-8,19H,1-3H3. The van der Waals surface area contributed by atoms with Gasteiger partial charge in [0.2, 0.25) is 5.88 Å². The summed E-state index contributed by atoms with van der Waals surface area (Å²) in [7, 11) is 3.20. The molecule has 0 radical (unpaired) electrons. The fraction of sp³-hybridized carbons (Fsp3) is 0.200. The molecule has 2 heterocycles. The van der Waals surface area contributed by atoms with Gasteiger partial charge in [0, 0.05) is 17.8 Å². The predicted molar refractivity (Wildman–Crippen MR) is 77.9 cm³/mol. The first kappa shape index (κ1) is 13.2. The van der Waals surface area contributed by atoms with Crippen LogP contribution in [0.3, 0.4) is 0 Å². The lowest BCUT2D eigenvalue weighted by atomic mass is 10.1. The van der Waals surface area contributed by atoms with Crippen molar-refractivity contribution in [1.29, 1.82) is 0 Å². The third-order valence-corrected chi connectivity index (χ3v) is 3.34. The lowest BCUT2D eigenvalue weighted by Crippen LogP contribution is -1.94. The van der Waals surface area contributed by atoms with Crippen LogP contribution in [0.25, 0.3) is 16.9 Å². The maximum atomic E-state index is 10.00. The van der Waals surface area contributed by atoms with Gasteiger partial charge in [0.15, 0.2) is 5.65 Å². The van der Waals surface area contributed by atoms with E-state index in [1.54, 1.807) is 44.0 Å². The number of imidazole rings is 1. The molecule has 0 saturated heterocycles. The van der Waals surface area contributed by atoms with Crippen LogP contribution in [0.4, 0.5) is 0 Å². The quantitative estimate of drug-likeness (QED) is 0.800. The molecule has 1 aromatic carbocycles. The van der Waals surface area contributed by atoms with Crippen LogP contribution in [-0.4, -0.2) is 33.7 Å². The monoisotopic (exact) mass is 285 g/mol. The van der Waals surface area contributed by atoms with Gasteiger partial charge in [0.1, 0.15) is 17.2 Å². The molecule has 0 spiro atoms. The van der Waals surface area contributed by atoms with E-state index in [1.807, 2.05) is 12.1 Å². The molecule has 0 aliphatic rings. The molecule has 3 rings (SSSR count). The van der Waals surface area contributed by atoms with Gasteiger partial charge in [-0.05, 0) is 19.1 Å². The van der Waals surface area contributed by atoms with Crippen LogP contribution < -0.4 is 9.47 Å². The van der Waals surface area contributed by atoms with Gasteiger partial charge in [-0.25, -0.2) is 4.98 Å².